The van der Waals surface area contributed by atoms with E-state index < -0.39 is 4.92 Å². The largest absolute Gasteiger partial charge is 0.352 e. The number of carbonyl (C=O) groups is 1. The summed E-state index contributed by atoms with van der Waals surface area (Å²) in [7, 11) is 0. The zero-order valence-corrected chi connectivity index (χ0v) is 10.8. The van der Waals surface area contributed by atoms with Crippen molar-refractivity contribution in [1.29, 1.82) is 0 Å². The minimum Gasteiger partial charge on any atom is -0.352 e. The molecule has 0 aliphatic rings. The Balaban J connectivity index is 1.97. The van der Waals surface area contributed by atoms with Gasteiger partial charge in [0.05, 0.1) is 4.92 Å². The lowest BCUT2D eigenvalue weighted by atomic mass is 10.1. The first-order valence-electron chi connectivity index (χ1n) is 5.95. The van der Waals surface area contributed by atoms with Crippen LogP contribution in [0.3, 0.4) is 0 Å². The van der Waals surface area contributed by atoms with Crippen LogP contribution in [-0.4, -0.2) is 32.6 Å². The van der Waals surface area contributed by atoms with Crippen LogP contribution in [0.25, 0.3) is 0 Å². The van der Waals surface area contributed by atoms with E-state index in [1.165, 1.54) is 24.5 Å². The minimum atomic E-state index is -0.488. The number of nitro groups is 1. The number of nitrogens with zero attached hydrogens (tertiary/aromatic N) is 3. The van der Waals surface area contributed by atoms with Gasteiger partial charge in [-0.2, -0.15) is 5.10 Å². The lowest BCUT2D eigenvalue weighted by molar-refractivity contribution is -0.384. The minimum absolute atomic E-state index is 0.0271. The highest BCUT2D eigenvalue weighted by atomic mass is 16.6. The van der Waals surface area contributed by atoms with E-state index in [9.17, 15) is 14.9 Å². The van der Waals surface area contributed by atoms with E-state index in [2.05, 4.69) is 20.5 Å². The molecule has 2 aromatic rings. The third kappa shape index (κ3) is 3.16. The van der Waals surface area contributed by atoms with E-state index in [-0.39, 0.29) is 11.6 Å². The van der Waals surface area contributed by atoms with Gasteiger partial charge in [-0.1, -0.05) is 0 Å². The quantitative estimate of drug-likeness (QED) is 0.624. The molecule has 0 fully saturated rings. The second kappa shape index (κ2) is 5.91. The molecule has 0 aliphatic heterocycles. The van der Waals surface area contributed by atoms with Crippen LogP contribution in [0.4, 0.5) is 5.69 Å². The summed E-state index contributed by atoms with van der Waals surface area (Å²) in [6, 6.07) is 4.15. The van der Waals surface area contributed by atoms with Crippen molar-refractivity contribution in [1.82, 2.24) is 20.5 Å². The number of non-ortho nitro benzene ring substituents is 1. The molecule has 104 valence electrons. The molecule has 8 nitrogen and oxygen atoms in total. The van der Waals surface area contributed by atoms with Crippen molar-refractivity contribution in [3.05, 3.63) is 51.6 Å². The SMILES string of the molecule is Cc1cc([N+](=O)[O-])ccc1C(=O)NCCc1ncn[nH]1. The molecular formula is C12H13N5O3. The molecule has 0 saturated heterocycles. The van der Waals surface area contributed by atoms with Gasteiger partial charge in [-0.25, -0.2) is 4.98 Å². The topological polar surface area (TPSA) is 114 Å². The van der Waals surface area contributed by atoms with Crippen LogP contribution in [0, 0.1) is 17.0 Å². The molecule has 0 atom stereocenters. The Labute approximate surface area is 114 Å². The predicted octanol–water partition coefficient (Wildman–Crippen LogP) is 0.994. The van der Waals surface area contributed by atoms with Gasteiger partial charge in [0.15, 0.2) is 0 Å². The molecule has 2 rings (SSSR count). The van der Waals surface area contributed by atoms with Gasteiger partial charge in [0.25, 0.3) is 11.6 Å². The molecule has 1 aromatic heterocycles. The lowest BCUT2D eigenvalue weighted by Gasteiger charge is -2.06. The van der Waals surface area contributed by atoms with Crippen LogP contribution < -0.4 is 5.32 Å². The van der Waals surface area contributed by atoms with Gasteiger partial charge in [-0.15, -0.1) is 0 Å². The highest BCUT2D eigenvalue weighted by Crippen LogP contribution is 2.16. The number of nitrogens with one attached hydrogen (secondary N) is 2. The van der Waals surface area contributed by atoms with Crippen LogP contribution in [0.2, 0.25) is 0 Å². The molecule has 0 saturated carbocycles. The number of carbonyl (C=O) groups excluding carboxylic acids is 1. The second-order valence-electron chi connectivity index (χ2n) is 4.19. The van der Waals surface area contributed by atoms with Crippen LogP contribution >= 0.6 is 0 Å². The van der Waals surface area contributed by atoms with Crippen LogP contribution in [0.1, 0.15) is 21.7 Å². The van der Waals surface area contributed by atoms with E-state index in [1.807, 2.05) is 0 Å². The molecule has 0 aliphatic carbocycles. The Morgan fingerprint density at radius 3 is 2.90 bits per heavy atom. The van der Waals surface area contributed by atoms with Gasteiger partial charge in [0.1, 0.15) is 12.2 Å². The summed E-state index contributed by atoms with van der Waals surface area (Å²) < 4.78 is 0. The normalized spacial score (nSPS) is 10.2. The Morgan fingerprint density at radius 1 is 1.50 bits per heavy atom. The number of amides is 1. The fraction of sp³-hybridized carbons (Fsp3) is 0.250. The second-order valence-corrected chi connectivity index (χ2v) is 4.19. The number of benzene rings is 1. The van der Waals surface area contributed by atoms with Gasteiger partial charge in [0.2, 0.25) is 0 Å². The number of aromatic nitrogens is 3. The number of aryl methyl sites for hydroxylation is 1. The number of H-pyrrole nitrogens is 1. The number of rotatable bonds is 5. The molecule has 0 bridgehead atoms. The van der Waals surface area contributed by atoms with Crippen molar-refractivity contribution in [2.75, 3.05) is 6.54 Å². The molecule has 0 unspecified atom stereocenters. The summed E-state index contributed by atoms with van der Waals surface area (Å²) in [5.74, 6) is 0.419. The Morgan fingerprint density at radius 2 is 2.30 bits per heavy atom. The lowest BCUT2D eigenvalue weighted by Crippen LogP contribution is -2.26. The smallest absolute Gasteiger partial charge is 0.269 e. The molecule has 0 spiro atoms. The van der Waals surface area contributed by atoms with Crippen molar-refractivity contribution in [2.24, 2.45) is 0 Å². The number of hydrogen-bond donors (Lipinski definition) is 2. The van der Waals surface area contributed by atoms with Crippen molar-refractivity contribution >= 4 is 11.6 Å². The number of hydrogen-bond acceptors (Lipinski definition) is 5. The van der Waals surface area contributed by atoms with Crippen LogP contribution in [0.15, 0.2) is 24.5 Å². The van der Waals surface area contributed by atoms with Gasteiger partial charge in [-0.3, -0.25) is 20.0 Å². The van der Waals surface area contributed by atoms with E-state index in [1.54, 1.807) is 6.92 Å². The average Bonchev–Trinajstić information content (AvgIpc) is 2.91. The molecule has 1 aromatic carbocycles. The summed E-state index contributed by atoms with van der Waals surface area (Å²) in [6.45, 7) is 2.07. The monoisotopic (exact) mass is 275 g/mol. The Bertz CT molecular complexity index is 624. The molecule has 2 N–H and O–H groups in total. The van der Waals surface area contributed by atoms with E-state index in [0.717, 1.165) is 0 Å². The molecule has 20 heavy (non-hydrogen) atoms. The fourth-order valence-corrected chi connectivity index (χ4v) is 1.76. The van der Waals surface area contributed by atoms with Crippen molar-refractivity contribution in [3.8, 4) is 0 Å². The summed E-state index contributed by atoms with van der Waals surface area (Å²) in [6.07, 6.45) is 1.94. The summed E-state index contributed by atoms with van der Waals surface area (Å²) in [4.78, 5) is 26.0. The molecule has 0 radical (unpaired) electrons. The van der Waals surface area contributed by atoms with Crippen molar-refractivity contribution in [2.45, 2.75) is 13.3 Å². The zero-order chi connectivity index (χ0) is 14.5. The standard InChI is InChI=1S/C12H13N5O3/c1-8-6-9(17(19)20)2-3-10(8)12(18)13-5-4-11-14-7-15-16-11/h2-3,6-7H,4-5H2,1H3,(H,13,18)(H,14,15,16). The molecule has 8 heteroatoms. The summed E-state index contributed by atoms with van der Waals surface area (Å²) >= 11 is 0. The molecule has 1 heterocycles. The van der Waals surface area contributed by atoms with Gasteiger partial charge >= 0.3 is 0 Å². The van der Waals surface area contributed by atoms with E-state index in [4.69, 9.17) is 0 Å². The molecule has 1 amide bonds. The third-order valence-electron chi connectivity index (χ3n) is 2.78. The Kier molecular flexibility index (Phi) is 4.04. The highest BCUT2D eigenvalue weighted by molar-refractivity contribution is 5.95. The van der Waals surface area contributed by atoms with E-state index >= 15 is 0 Å². The van der Waals surface area contributed by atoms with Crippen molar-refractivity contribution < 1.29 is 9.72 Å². The van der Waals surface area contributed by atoms with Gasteiger partial charge in [-0.05, 0) is 18.6 Å². The highest BCUT2D eigenvalue weighted by Gasteiger charge is 2.13. The average molecular weight is 275 g/mol. The first-order chi connectivity index (χ1) is 9.58. The van der Waals surface area contributed by atoms with Crippen LogP contribution in [0.5, 0.6) is 0 Å². The maximum Gasteiger partial charge on any atom is 0.269 e. The fourth-order valence-electron chi connectivity index (χ4n) is 1.76. The Hall–Kier alpha value is -2.77. The number of nitro benzene ring substituents is 1. The van der Waals surface area contributed by atoms with Gasteiger partial charge in [0, 0.05) is 30.7 Å². The first-order valence-corrected chi connectivity index (χ1v) is 5.95. The zero-order valence-electron chi connectivity index (χ0n) is 10.8. The summed E-state index contributed by atoms with van der Waals surface area (Å²) in [5, 5.41) is 19.8. The predicted molar refractivity (Wildman–Crippen MR) is 70.3 cm³/mol. The van der Waals surface area contributed by atoms with Gasteiger partial charge < -0.3 is 5.32 Å². The first kappa shape index (κ1) is 13.7. The molecular weight excluding hydrogens is 262 g/mol. The third-order valence-corrected chi connectivity index (χ3v) is 2.78. The van der Waals surface area contributed by atoms with E-state index in [0.29, 0.717) is 29.9 Å². The van der Waals surface area contributed by atoms with Crippen LogP contribution in [-0.2, 0) is 6.42 Å². The number of aromatic amines is 1. The maximum absolute atomic E-state index is 11.9. The maximum atomic E-state index is 11.9. The summed E-state index contributed by atoms with van der Waals surface area (Å²) in [5.41, 5.74) is 0.963. The van der Waals surface area contributed by atoms with Crippen molar-refractivity contribution in [3.63, 3.8) is 0 Å².